The van der Waals surface area contributed by atoms with Gasteiger partial charge in [0.15, 0.2) is 34.0 Å². The third kappa shape index (κ3) is 15.7. The average molecular weight is 965 g/mol. The predicted octanol–water partition coefficient (Wildman–Crippen LogP) is 3.76. The van der Waals surface area contributed by atoms with Crippen molar-refractivity contribution in [2.45, 2.75) is 47.2 Å². The van der Waals surface area contributed by atoms with Crippen molar-refractivity contribution < 1.29 is 37.6 Å². The van der Waals surface area contributed by atoms with Gasteiger partial charge >= 0.3 is 15.2 Å². The second-order valence-corrected chi connectivity index (χ2v) is 18.5. The highest BCUT2D eigenvalue weighted by Crippen LogP contribution is 2.48. The molecule has 26 heteroatoms. The monoisotopic (exact) mass is 964 g/mol. The lowest BCUT2D eigenvalue weighted by atomic mass is 10.2. The summed E-state index contributed by atoms with van der Waals surface area (Å²) in [7, 11) is -3.38. The van der Waals surface area contributed by atoms with Crippen LogP contribution in [-0.4, -0.2) is 114 Å². The van der Waals surface area contributed by atoms with Gasteiger partial charge in [-0.15, -0.1) is 0 Å². The van der Waals surface area contributed by atoms with E-state index in [0.29, 0.717) is 84.1 Å². The van der Waals surface area contributed by atoms with Crippen LogP contribution in [0.2, 0.25) is 0 Å². The molecule has 0 saturated carbocycles. The molecule has 0 aliphatic heterocycles. The molecule has 0 radical (unpaired) electrons. The van der Waals surface area contributed by atoms with E-state index in [1.165, 1.54) is 0 Å². The van der Waals surface area contributed by atoms with E-state index in [0.717, 1.165) is 11.4 Å². The maximum Gasteiger partial charge on any atom is 0.330 e. The summed E-state index contributed by atoms with van der Waals surface area (Å²) in [6, 6.07) is 14.1. The number of nitrogen functional groups attached to an aromatic ring is 4. The first-order valence-corrected chi connectivity index (χ1v) is 24.1. The topological polar surface area (TPSA) is 365 Å². The van der Waals surface area contributed by atoms with Crippen molar-refractivity contribution in [3.05, 3.63) is 83.4 Å². The fourth-order valence-corrected chi connectivity index (χ4v) is 8.48. The van der Waals surface area contributed by atoms with Crippen molar-refractivity contribution >= 4 is 84.2 Å². The third-order valence-electron chi connectivity index (χ3n) is 9.40. The SMILES string of the molecule is C.CCOP(=O)(CCCNC(=O)c1ccc(N(C)Cc2cnc3nc(N)nc(N)c3n2)cc1)OCC.CN(Cc1cnc2nc(N)nc(N)c2n1)c1ccc(C(=O)NCCCP(=O)(O)O)cc1. The van der Waals surface area contributed by atoms with Gasteiger partial charge in [0.1, 0.15) is 0 Å². The number of hydrogen-bond acceptors (Lipinski definition) is 20. The van der Waals surface area contributed by atoms with Gasteiger partial charge in [0.2, 0.25) is 11.9 Å². The Hall–Kier alpha value is -6.68. The number of rotatable bonds is 20. The Bertz CT molecular complexity index is 2700. The van der Waals surface area contributed by atoms with Gasteiger partial charge in [-0.25, -0.2) is 19.9 Å². The minimum atomic E-state index is -4.05. The van der Waals surface area contributed by atoms with Crippen molar-refractivity contribution in [1.82, 2.24) is 50.5 Å². The maximum atomic E-state index is 12.5. The normalized spacial score (nSPS) is 11.3. The Morgan fingerprint density at radius 1 is 0.627 bits per heavy atom. The maximum absolute atomic E-state index is 12.5. The van der Waals surface area contributed by atoms with E-state index < -0.39 is 15.2 Å². The van der Waals surface area contributed by atoms with Crippen LogP contribution >= 0.6 is 15.2 Å². The zero-order valence-electron chi connectivity index (χ0n) is 36.9. The number of carbonyl (C=O) groups is 2. The summed E-state index contributed by atoms with van der Waals surface area (Å²) >= 11 is 0. The summed E-state index contributed by atoms with van der Waals surface area (Å²) in [6.07, 6.45) is 3.87. The molecule has 0 aliphatic carbocycles. The first kappa shape index (κ1) is 52.9. The molecule has 0 spiro atoms. The summed E-state index contributed by atoms with van der Waals surface area (Å²) in [4.78, 5) is 79.5. The summed E-state index contributed by atoms with van der Waals surface area (Å²) in [5.74, 6) is -0.0921. The van der Waals surface area contributed by atoms with Crippen LogP contribution in [0.25, 0.3) is 22.3 Å². The van der Waals surface area contributed by atoms with Gasteiger partial charge in [-0.2, -0.15) is 19.9 Å². The third-order valence-corrected chi connectivity index (χ3v) is 12.5. The van der Waals surface area contributed by atoms with Crippen LogP contribution in [0.3, 0.4) is 0 Å². The second kappa shape index (κ2) is 24.2. The van der Waals surface area contributed by atoms with Crippen molar-refractivity contribution in [2.75, 3.05) is 85.5 Å². The molecule has 0 unspecified atom stereocenters. The fourth-order valence-electron chi connectivity index (χ4n) is 6.25. The quantitative estimate of drug-likeness (QED) is 0.0399. The lowest BCUT2D eigenvalue weighted by Gasteiger charge is -2.19. The van der Waals surface area contributed by atoms with Gasteiger partial charge in [0, 0.05) is 49.7 Å². The predicted molar refractivity (Wildman–Crippen MR) is 258 cm³/mol. The Kier molecular flexibility index (Phi) is 19.1. The molecular formula is C41H58N16O8P2. The molecule has 2 aromatic carbocycles. The molecule has 4 aromatic heterocycles. The molecule has 6 rings (SSSR count). The van der Waals surface area contributed by atoms with E-state index >= 15 is 0 Å². The molecule has 0 saturated heterocycles. The Balaban J connectivity index is 0.000000290. The standard InChI is InChI=1S/C22H31N8O4P.C18H23N8O4P.CH4/c1-4-33-35(32,34-5-2)12-6-11-25-21(31)15-7-9-17(10-8-15)30(3)14-16-13-26-20-18(27-16)19(23)28-22(24)29-20;1-26(10-12-9-22-16-14(23-12)15(19)24-18(20)25-16)13-5-3-11(4-6-13)17(27)21-7-2-8-31(28,29)30;/h7-10,13H,4-6,11-12,14H2,1-3H3,(H,25,31)(H4,23,24,26,28,29);3-6,9H,2,7-8,10H2,1H3,(H,21,27)(H2,28,29,30)(H4,19,20,22,24,25);1H4. The number of amides is 2. The first-order chi connectivity index (χ1) is 31.4. The smallest absolute Gasteiger partial charge is 0.330 e. The molecular weight excluding hydrogens is 907 g/mol. The number of nitrogens with one attached hydrogen (secondary N) is 2. The van der Waals surface area contributed by atoms with Gasteiger partial charge < -0.3 is 62.2 Å². The van der Waals surface area contributed by atoms with Crippen LogP contribution in [-0.2, 0) is 31.3 Å². The number of hydrogen-bond donors (Lipinski definition) is 8. The number of benzene rings is 2. The second-order valence-electron chi connectivity index (χ2n) is 14.6. The van der Waals surface area contributed by atoms with Crippen LogP contribution in [0.5, 0.6) is 0 Å². The highest BCUT2D eigenvalue weighted by molar-refractivity contribution is 7.53. The summed E-state index contributed by atoms with van der Waals surface area (Å²) in [5, 5.41) is 5.47. The van der Waals surface area contributed by atoms with E-state index in [1.807, 2.05) is 36.0 Å². The minimum absolute atomic E-state index is 0. The lowest BCUT2D eigenvalue weighted by Crippen LogP contribution is -2.25. The first-order valence-electron chi connectivity index (χ1n) is 20.6. The molecule has 12 N–H and O–H groups in total. The molecule has 67 heavy (non-hydrogen) atoms. The molecule has 360 valence electrons. The van der Waals surface area contributed by atoms with Crippen LogP contribution in [0.1, 0.15) is 66.2 Å². The number of fused-ring (bicyclic) bond motifs is 2. The fraction of sp³-hybridized carbons (Fsp3) is 0.366. The van der Waals surface area contributed by atoms with Crippen LogP contribution < -0.4 is 43.4 Å². The highest BCUT2D eigenvalue weighted by atomic mass is 31.2. The summed E-state index contributed by atoms with van der Waals surface area (Å²) in [6.45, 7) is 5.61. The van der Waals surface area contributed by atoms with E-state index in [1.54, 1.807) is 62.6 Å². The van der Waals surface area contributed by atoms with Gasteiger partial charge in [-0.3, -0.25) is 18.7 Å². The molecule has 6 aromatic rings. The van der Waals surface area contributed by atoms with E-state index in [2.05, 4.69) is 50.5 Å². The van der Waals surface area contributed by atoms with E-state index in [4.69, 9.17) is 41.8 Å². The molecule has 0 bridgehead atoms. The van der Waals surface area contributed by atoms with Gasteiger partial charge in [0.25, 0.3) is 11.8 Å². The van der Waals surface area contributed by atoms with Gasteiger partial charge in [-0.05, 0) is 75.2 Å². The number of nitrogens with zero attached hydrogens (tertiary/aromatic N) is 10. The molecule has 0 fully saturated rings. The molecule has 24 nitrogen and oxygen atoms in total. The summed E-state index contributed by atoms with van der Waals surface area (Å²) in [5.41, 5.74) is 28.4. The Labute approximate surface area is 387 Å². The Morgan fingerprint density at radius 2 is 1.01 bits per heavy atom. The largest absolute Gasteiger partial charge is 0.382 e. The molecule has 4 heterocycles. The van der Waals surface area contributed by atoms with Gasteiger partial charge in [0.05, 0.1) is 62.4 Å². The van der Waals surface area contributed by atoms with Gasteiger partial charge in [-0.1, -0.05) is 7.43 Å². The lowest BCUT2D eigenvalue weighted by molar-refractivity contribution is 0.0945. The van der Waals surface area contributed by atoms with E-state index in [9.17, 15) is 18.7 Å². The number of aromatic nitrogens is 8. The van der Waals surface area contributed by atoms with Crippen molar-refractivity contribution in [3.63, 3.8) is 0 Å². The van der Waals surface area contributed by atoms with E-state index in [-0.39, 0.29) is 68.1 Å². The van der Waals surface area contributed by atoms with Crippen LogP contribution in [0, 0.1) is 0 Å². The zero-order valence-corrected chi connectivity index (χ0v) is 38.7. The number of carbonyl (C=O) groups excluding carboxylic acids is 2. The van der Waals surface area contributed by atoms with Crippen molar-refractivity contribution in [1.29, 1.82) is 0 Å². The number of anilines is 6. The minimum Gasteiger partial charge on any atom is -0.382 e. The molecule has 0 atom stereocenters. The van der Waals surface area contributed by atoms with Crippen molar-refractivity contribution in [3.8, 4) is 0 Å². The van der Waals surface area contributed by atoms with Crippen LogP contribution in [0.15, 0.2) is 60.9 Å². The van der Waals surface area contributed by atoms with Crippen LogP contribution in [0.4, 0.5) is 34.9 Å². The zero-order chi connectivity index (χ0) is 48.0. The molecule has 2 amide bonds. The summed E-state index contributed by atoms with van der Waals surface area (Å²) < 4.78 is 33.8. The molecule has 0 aliphatic rings. The highest BCUT2D eigenvalue weighted by Gasteiger charge is 2.23. The van der Waals surface area contributed by atoms with Crippen molar-refractivity contribution in [2.24, 2.45) is 0 Å². The number of nitrogens with two attached hydrogens (primary N) is 4. The average Bonchev–Trinajstić information content (AvgIpc) is 3.27. The Morgan fingerprint density at radius 3 is 1.39 bits per heavy atom.